The molecule has 1 N–H and O–H groups in total. The quantitative estimate of drug-likeness (QED) is 0.460. The van der Waals surface area contributed by atoms with Crippen LogP contribution in [0.25, 0.3) is 0 Å². The molecule has 0 saturated carbocycles. The van der Waals surface area contributed by atoms with Gasteiger partial charge >= 0.3 is 0 Å². The molecule has 0 aliphatic carbocycles. The van der Waals surface area contributed by atoms with Crippen LogP contribution in [0.5, 0.6) is 11.5 Å². The number of carbonyl (C=O) groups excluding carboxylic acids is 1. The molecule has 0 spiro atoms. The van der Waals surface area contributed by atoms with Gasteiger partial charge < -0.3 is 14.8 Å². The lowest BCUT2D eigenvalue weighted by atomic mass is 10.2. The van der Waals surface area contributed by atoms with Crippen molar-refractivity contribution < 1.29 is 22.7 Å². The third-order valence-electron chi connectivity index (χ3n) is 4.75. The summed E-state index contributed by atoms with van der Waals surface area (Å²) in [6.45, 7) is 4.70. The molecule has 3 aromatic carbocycles. The molecule has 0 bridgehead atoms. The Bertz CT molecular complexity index is 1150. The molecule has 8 heteroatoms. The van der Waals surface area contributed by atoms with Crippen LogP contribution in [0.4, 0.5) is 5.69 Å². The van der Waals surface area contributed by atoms with E-state index in [2.05, 4.69) is 5.32 Å². The summed E-state index contributed by atoms with van der Waals surface area (Å²) >= 11 is 0. The highest BCUT2D eigenvalue weighted by Gasteiger charge is 2.27. The van der Waals surface area contributed by atoms with Crippen molar-refractivity contribution in [2.75, 3.05) is 24.1 Å². The Kier molecular flexibility index (Phi) is 8.32. The molecule has 0 fully saturated rings. The van der Waals surface area contributed by atoms with Gasteiger partial charge in [-0.25, -0.2) is 8.42 Å². The van der Waals surface area contributed by atoms with Crippen LogP contribution in [-0.2, 0) is 21.4 Å². The number of anilines is 1. The lowest BCUT2D eigenvalue weighted by molar-refractivity contribution is -0.119. The summed E-state index contributed by atoms with van der Waals surface area (Å²) < 4.78 is 38.8. The molecular weight excluding hydrogens is 440 g/mol. The van der Waals surface area contributed by atoms with Gasteiger partial charge in [-0.2, -0.15) is 0 Å². The highest BCUT2D eigenvalue weighted by Crippen LogP contribution is 2.25. The van der Waals surface area contributed by atoms with E-state index in [0.717, 1.165) is 9.87 Å². The first-order valence-corrected chi connectivity index (χ1v) is 12.2. The van der Waals surface area contributed by atoms with Crippen molar-refractivity contribution in [1.82, 2.24) is 5.32 Å². The number of benzene rings is 3. The molecule has 0 saturated heterocycles. The molecule has 0 aromatic heterocycles. The molecule has 0 aliphatic heterocycles. The Morgan fingerprint density at radius 2 is 1.52 bits per heavy atom. The molecule has 0 unspecified atom stereocenters. The highest BCUT2D eigenvalue weighted by atomic mass is 32.2. The molecule has 3 aromatic rings. The molecule has 33 heavy (non-hydrogen) atoms. The Hall–Kier alpha value is -3.52. The van der Waals surface area contributed by atoms with Crippen molar-refractivity contribution in [3.8, 4) is 11.5 Å². The first kappa shape index (κ1) is 24.1. The van der Waals surface area contributed by atoms with Crippen LogP contribution in [-0.4, -0.2) is 34.1 Å². The summed E-state index contributed by atoms with van der Waals surface area (Å²) in [5.41, 5.74) is 1.23. The standard InChI is InChI=1S/C25H28N2O5S/c1-3-31-22-15-13-21(14-16-22)27(33(29,30)24-11-6-5-7-12-24)19-25(28)26-18-20-9-8-10-23(17-20)32-4-2/h5-17H,3-4,18-19H2,1-2H3,(H,26,28). The zero-order chi connectivity index (χ0) is 23.7. The molecule has 0 aliphatic rings. The third-order valence-corrected chi connectivity index (χ3v) is 6.54. The van der Waals surface area contributed by atoms with Crippen molar-refractivity contribution >= 4 is 21.6 Å². The van der Waals surface area contributed by atoms with E-state index in [1.165, 1.54) is 12.1 Å². The number of carbonyl (C=O) groups is 1. The largest absolute Gasteiger partial charge is 0.494 e. The number of hydrogen-bond acceptors (Lipinski definition) is 5. The van der Waals surface area contributed by atoms with E-state index in [1.54, 1.807) is 42.5 Å². The fraction of sp³-hybridized carbons (Fsp3) is 0.240. The maximum Gasteiger partial charge on any atom is 0.264 e. The molecule has 174 valence electrons. The Balaban J connectivity index is 1.80. The normalized spacial score (nSPS) is 11.0. The van der Waals surface area contributed by atoms with Crippen LogP contribution in [0.2, 0.25) is 0 Å². The maximum absolute atomic E-state index is 13.4. The predicted molar refractivity (Wildman–Crippen MR) is 128 cm³/mol. The zero-order valence-electron chi connectivity index (χ0n) is 18.7. The molecule has 7 nitrogen and oxygen atoms in total. The molecule has 1 amide bonds. The number of sulfonamides is 1. The van der Waals surface area contributed by atoms with Crippen LogP contribution < -0.4 is 19.1 Å². The minimum Gasteiger partial charge on any atom is -0.494 e. The van der Waals surface area contributed by atoms with Crippen LogP contribution in [0.3, 0.4) is 0 Å². The Morgan fingerprint density at radius 3 is 2.18 bits per heavy atom. The number of ether oxygens (including phenoxy) is 2. The maximum atomic E-state index is 13.4. The van der Waals surface area contributed by atoms with Gasteiger partial charge in [0.25, 0.3) is 10.0 Å². The molecule has 3 rings (SSSR count). The summed E-state index contributed by atoms with van der Waals surface area (Å²) in [7, 11) is -3.96. The Morgan fingerprint density at radius 1 is 0.848 bits per heavy atom. The van der Waals surface area contributed by atoms with Gasteiger partial charge in [0, 0.05) is 6.54 Å². The molecular formula is C25H28N2O5S. The SMILES string of the molecule is CCOc1ccc(N(CC(=O)NCc2cccc(OCC)c2)S(=O)(=O)c2ccccc2)cc1. The monoisotopic (exact) mass is 468 g/mol. The van der Waals surface area contributed by atoms with E-state index in [9.17, 15) is 13.2 Å². The molecule has 0 heterocycles. The van der Waals surface area contributed by atoms with Gasteiger partial charge in [0.1, 0.15) is 18.0 Å². The van der Waals surface area contributed by atoms with E-state index in [-0.39, 0.29) is 18.0 Å². The summed E-state index contributed by atoms with van der Waals surface area (Å²) in [6, 6.07) is 22.1. The zero-order valence-corrected chi connectivity index (χ0v) is 19.5. The van der Waals surface area contributed by atoms with Crippen molar-refractivity contribution in [3.63, 3.8) is 0 Å². The van der Waals surface area contributed by atoms with Crippen molar-refractivity contribution in [2.45, 2.75) is 25.3 Å². The minimum atomic E-state index is -3.96. The summed E-state index contributed by atoms with van der Waals surface area (Å²) in [4.78, 5) is 12.9. The lowest BCUT2D eigenvalue weighted by Crippen LogP contribution is -2.40. The molecule has 0 atom stereocenters. The van der Waals surface area contributed by atoms with E-state index >= 15 is 0 Å². The van der Waals surface area contributed by atoms with E-state index in [4.69, 9.17) is 9.47 Å². The highest BCUT2D eigenvalue weighted by molar-refractivity contribution is 7.92. The second kappa shape index (κ2) is 11.4. The average Bonchev–Trinajstić information content (AvgIpc) is 2.83. The smallest absolute Gasteiger partial charge is 0.264 e. The van der Waals surface area contributed by atoms with Crippen molar-refractivity contribution in [2.24, 2.45) is 0 Å². The lowest BCUT2D eigenvalue weighted by Gasteiger charge is -2.24. The van der Waals surface area contributed by atoms with E-state index in [0.29, 0.717) is 30.4 Å². The number of hydrogen-bond donors (Lipinski definition) is 1. The number of nitrogens with one attached hydrogen (secondary N) is 1. The first-order chi connectivity index (χ1) is 15.9. The van der Waals surface area contributed by atoms with E-state index in [1.807, 2.05) is 38.1 Å². The van der Waals surface area contributed by atoms with Crippen LogP contribution in [0, 0.1) is 0 Å². The van der Waals surface area contributed by atoms with Crippen LogP contribution >= 0.6 is 0 Å². The van der Waals surface area contributed by atoms with Crippen LogP contribution in [0.15, 0.2) is 83.8 Å². The summed E-state index contributed by atoms with van der Waals surface area (Å²) in [5.74, 6) is 0.911. The van der Waals surface area contributed by atoms with Gasteiger partial charge in [-0.3, -0.25) is 9.10 Å². The fourth-order valence-electron chi connectivity index (χ4n) is 3.21. The second-order valence-corrected chi connectivity index (χ2v) is 8.97. The second-order valence-electron chi connectivity index (χ2n) is 7.11. The van der Waals surface area contributed by atoms with Crippen molar-refractivity contribution in [3.05, 3.63) is 84.4 Å². The number of nitrogens with zero attached hydrogens (tertiary/aromatic N) is 1. The van der Waals surface area contributed by atoms with Crippen molar-refractivity contribution in [1.29, 1.82) is 0 Å². The van der Waals surface area contributed by atoms with Gasteiger partial charge in [-0.05, 0) is 67.9 Å². The first-order valence-electron chi connectivity index (χ1n) is 10.7. The summed E-state index contributed by atoms with van der Waals surface area (Å²) in [6.07, 6.45) is 0. The molecule has 0 radical (unpaired) electrons. The fourth-order valence-corrected chi connectivity index (χ4v) is 4.65. The average molecular weight is 469 g/mol. The van der Waals surface area contributed by atoms with E-state index < -0.39 is 15.9 Å². The van der Waals surface area contributed by atoms with Gasteiger partial charge in [0.05, 0.1) is 23.8 Å². The van der Waals surface area contributed by atoms with Gasteiger partial charge in [0.2, 0.25) is 5.91 Å². The topological polar surface area (TPSA) is 84.9 Å². The van der Waals surface area contributed by atoms with Crippen LogP contribution in [0.1, 0.15) is 19.4 Å². The summed E-state index contributed by atoms with van der Waals surface area (Å²) in [5, 5.41) is 2.80. The third kappa shape index (κ3) is 6.49. The van der Waals surface area contributed by atoms with Gasteiger partial charge in [-0.1, -0.05) is 30.3 Å². The van der Waals surface area contributed by atoms with Gasteiger partial charge in [0.15, 0.2) is 0 Å². The van der Waals surface area contributed by atoms with Gasteiger partial charge in [-0.15, -0.1) is 0 Å². The minimum absolute atomic E-state index is 0.108. The predicted octanol–water partition coefficient (Wildman–Crippen LogP) is 4.00. The Labute approximate surface area is 195 Å². The number of amides is 1. The number of rotatable bonds is 11.